The van der Waals surface area contributed by atoms with Crippen LogP contribution in [-0.4, -0.2) is 44.4 Å². The Morgan fingerprint density at radius 1 is 1.58 bits per heavy atom. The maximum atomic E-state index is 10.9. The molecular weight excluding hydrogens is 194 g/mol. The zero-order valence-corrected chi connectivity index (χ0v) is 9.22. The first-order valence-electron chi connectivity index (χ1n) is 3.55. The minimum Gasteiger partial charge on any atom is -0.336 e. The van der Waals surface area contributed by atoms with E-state index in [0.29, 0.717) is 6.54 Å². The number of carbonyl (C=O) groups excluding carboxylic acids is 1. The van der Waals surface area contributed by atoms with Crippen LogP contribution in [0.4, 0.5) is 4.79 Å². The third kappa shape index (κ3) is 7.90. The van der Waals surface area contributed by atoms with Gasteiger partial charge in [-0.2, -0.15) is 0 Å². The lowest BCUT2D eigenvalue weighted by Gasteiger charge is -2.10. The number of nitrogens with zero attached hydrogens (tertiary/aromatic N) is 1. The summed E-state index contributed by atoms with van der Waals surface area (Å²) in [4.78, 5) is 12.9. The van der Waals surface area contributed by atoms with Crippen LogP contribution in [0.15, 0.2) is 0 Å². The number of nitrogens with one attached hydrogen (secondary N) is 2. The van der Waals surface area contributed by atoms with Gasteiger partial charge in [-0.05, 0) is 34.9 Å². The quantitative estimate of drug-likeness (QED) is 0.654. The molecule has 0 aromatic carbocycles. The molecule has 0 aliphatic heterocycles. The van der Waals surface area contributed by atoms with E-state index in [1.165, 1.54) is 0 Å². The fourth-order valence-electron chi connectivity index (χ4n) is 0.560. The lowest BCUT2D eigenvalue weighted by molar-refractivity contribution is 0.245. The van der Waals surface area contributed by atoms with Crippen LogP contribution in [0.3, 0.4) is 0 Å². The Hall–Kier alpha value is -0.200. The molecule has 72 valence electrons. The van der Waals surface area contributed by atoms with Crippen molar-refractivity contribution in [3.05, 3.63) is 0 Å². The van der Waals surface area contributed by atoms with E-state index in [-0.39, 0.29) is 6.03 Å². The van der Waals surface area contributed by atoms with E-state index in [4.69, 9.17) is 11.2 Å². The molecule has 0 rings (SSSR count). The van der Waals surface area contributed by atoms with Gasteiger partial charge < -0.3 is 10.2 Å². The smallest absolute Gasteiger partial charge is 0.324 e. The fraction of sp³-hybridized carbons (Fsp3) is 0.833. The van der Waals surface area contributed by atoms with Crippen molar-refractivity contribution in [1.82, 2.24) is 14.9 Å². The molecule has 0 saturated heterocycles. The highest BCUT2D eigenvalue weighted by Crippen LogP contribution is 1.72. The van der Waals surface area contributed by atoms with Gasteiger partial charge in [0.2, 0.25) is 0 Å². The molecule has 0 heterocycles. The van der Waals surface area contributed by atoms with Gasteiger partial charge in [-0.3, -0.25) is 4.72 Å². The van der Waals surface area contributed by atoms with E-state index < -0.39 is 9.64 Å². The summed E-state index contributed by atoms with van der Waals surface area (Å²) in [5.74, 6) is 0. The first kappa shape index (κ1) is 11.8. The van der Waals surface area contributed by atoms with Crippen LogP contribution in [-0.2, 0) is 20.8 Å². The van der Waals surface area contributed by atoms with Crippen molar-refractivity contribution < 1.29 is 4.79 Å². The molecule has 0 aliphatic carbocycles. The molecule has 0 aliphatic rings. The molecule has 6 heteroatoms. The van der Waals surface area contributed by atoms with Crippen LogP contribution in [0.2, 0.25) is 0 Å². The summed E-state index contributed by atoms with van der Waals surface area (Å²) in [6.45, 7) is 1.48. The summed E-state index contributed by atoms with van der Waals surface area (Å²) >= 11 is 4.80. The molecule has 1 unspecified atom stereocenters. The average Bonchev–Trinajstić information content (AvgIpc) is 1.84. The Kier molecular flexibility index (Phi) is 6.23. The number of rotatable bonds is 4. The number of carbonyl (C=O) groups is 1. The highest BCUT2D eigenvalue weighted by atomic mass is 32.8. The third-order valence-corrected chi connectivity index (χ3v) is 1.80. The van der Waals surface area contributed by atoms with Crippen molar-refractivity contribution in [2.45, 2.75) is 0 Å². The second-order valence-corrected chi connectivity index (χ2v) is 5.23. The SMILES string of the molecule is CN(C)CCNC(=O)NS(C)=S. The lowest BCUT2D eigenvalue weighted by atomic mass is 10.6. The van der Waals surface area contributed by atoms with Crippen molar-refractivity contribution in [2.75, 3.05) is 33.4 Å². The van der Waals surface area contributed by atoms with Crippen molar-refractivity contribution in [2.24, 2.45) is 0 Å². The Bertz CT molecular complexity index is 172. The number of amides is 2. The minimum absolute atomic E-state index is 0.183. The second kappa shape index (κ2) is 6.33. The topological polar surface area (TPSA) is 44.4 Å². The van der Waals surface area contributed by atoms with Crippen LogP contribution in [0, 0.1) is 0 Å². The van der Waals surface area contributed by atoms with Crippen molar-refractivity contribution >= 4 is 26.9 Å². The molecule has 0 aromatic heterocycles. The van der Waals surface area contributed by atoms with Crippen molar-refractivity contribution in [3.8, 4) is 0 Å². The predicted octanol–water partition coefficient (Wildman–Crippen LogP) is -0.528. The van der Waals surface area contributed by atoms with Crippen molar-refractivity contribution in [3.63, 3.8) is 0 Å². The van der Waals surface area contributed by atoms with Gasteiger partial charge in [0.15, 0.2) is 0 Å². The standard InChI is InChI=1S/C6H15N3OS2/c1-9(2)5-4-7-6(10)8-12(3)11/h4-5H2,1-3H3,(H2,7,8,10). The van der Waals surface area contributed by atoms with Gasteiger partial charge in [-0.25, -0.2) is 4.79 Å². The van der Waals surface area contributed by atoms with Crippen LogP contribution >= 0.6 is 0 Å². The first-order chi connectivity index (χ1) is 5.52. The maximum Gasteiger partial charge on any atom is 0.324 e. The number of urea groups is 1. The van der Waals surface area contributed by atoms with Crippen LogP contribution in [0.25, 0.3) is 0 Å². The molecule has 0 bridgehead atoms. The normalized spacial score (nSPS) is 12.7. The summed E-state index contributed by atoms with van der Waals surface area (Å²) in [6, 6.07) is -0.183. The van der Waals surface area contributed by atoms with E-state index in [9.17, 15) is 4.79 Å². The Balaban J connectivity index is 3.38. The van der Waals surface area contributed by atoms with Gasteiger partial charge >= 0.3 is 6.03 Å². The van der Waals surface area contributed by atoms with E-state index in [1.54, 1.807) is 6.26 Å². The van der Waals surface area contributed by atoms with Crippen LogP contribution in [0.1, 0.15) is 0 Å². The average molecular weight is 209 g/mol. The molecule has 12 heavy (non-hydrogen) atoms. The van der Waals surface area contributed by atoms with Crippen LogP contribution < -0.4 is 10.0 Å². The molecule has 4 nitrogen and oxygen atoms in total. The van der Waals surface area contributed by atoms with Gasteiger partial charge in [0.05, 0.1) is 0 Å². The second-order valence-electron chi connectivity index (χ2n) is 2.62. The number of likely N-dealkylation sites (N-methyl/N-ethyl adjacent to an activating group) is 1. The third-order valence-electron chi connectivity index (χ3n) is 1.08. The predicted molar refractivity (Wildman–Crippen MR) is 55.7 cm³/mol. The summed E-state index contributed by atoms with van der Waals surface area (Å²) in [5, 5.41) is 2.69. The highest BCUT2D eigenvalue weighted by Gasteiger charge is 1.98. The van der Waals surface area contributed by atoms with Gasteiger partial charge in [0, 0.05) is 19.3 Å². The van der Waals surface area contributed by atoms with E-state index in [2.05, 4.69) is 10.0 Å². The van der Waals surface area contributed by atoms with Gasteiger partial charge in [0.1, 0.15) is 0 Å². The van der Waals surface area contributed by atoms with E-state index in [1.807, 2.05) is 19.0 Å². The lowest BCUT2D eigenvalue weighted by Crippen LogP contribution is -2.39. The molecule has 0 spiro atoms. The Labute approximate surface area is 80.4 Å². The Morgan fingerprint density at radius 3 is 2.58 bits per heavy atom. The molecule has 2 N–H and O–H groups in total. The van der Waals surface area contributed by atoms with Crippen molar-refractivity contribution in [1.29, 1.82) is 0 Å². The minimum atomic E-state index is -0.452. The fourth-order valence-corrected chi connectivity index (χ4v) is 1.12. The van der Waals surface area contributed by atoms with Gasteiger partial charge in [-0.1, -0.05) is 0 Å². The molecule has 0 fully saturated rings. The number of hydrogen-bond donors (Lipinski definition) is 2. The summed E-state index contributed by atoms with van der Waals surface area (Å²) in [7, 11) is 3.46. The molecule has 0 saturated carbocycles. The highest BCUT2D eigenvalue weighted by molar-refractivity contribution is 8.27. The summed E-state index contributed by atoms with van der Waals surface area (Å²) in [6.07, 6.45) is 1.78. The molecule has 0 aromatic rings. The maximum absolute atomic E-state index is 10.9. The molecule has 1 atom stereocenters. The van der Waals surface area contributed by atoms with E-state index >= 15 is 0 Å². The molecule has 0 radical (unpaired) electrons. The largest absolute Gasteiger partial charge is 0.336 e. The number of hydrogen-bond acceptors (Lipinski definition) is 3. The zero-order chi connectivity index (χ0) is 9.56. The summed E-state index contributed by atoms with van der Waals surface area (Å²) < 4.78 is 2.59. The van der Waals surface area contributed by atoms with Crippen LogP contribution in [0.5, 0.6) is 0 Å². The molecular formula is C6H15N3OS2. The van der Waals surface area contributed by atoms with Gasteiger partial charge in [-0.15, -0.1) is 0 Å². The van der Waals surface area contributed by atoms with E-state index in [0.717, 1.165) is 6.54 Å². The zero-order valence-electron chi connectivity index (χ0n) is 7.59. The molecule has 2 amide bonds. The first-order valence-corrected chi connectivity index (χ1v) is 6.11. The van der Waals surface area contributed by atoms with Gasteiger partial charge in [0.25, 0.3) is 0 Å². The Morgan fingerprint density at radius 2 is 2.17 bits per heavy atom. The monoisotopic (exact) mass is 209 g/mol. The summed E-state index contributed by atoms with van der Waals surface area (Å²) in [5.41, 5.74) is 0.